The summed E-state index contributed by atoms with van der Waals surface area (Å²) in [5.74, 6) is -0.279. The van der Waals surface area contributed by atoms with Gasteiger partial charge in [0.25, 0.3) is 5.56 Å². The second-order valence-corrected chi connectivity index (χ2v) is 7.20. The maximum Gasteiger partial charge on any atom is 0.256 e. The minimum Gasteiger partial charge on any atom is -0.493 e. The molecule has 2 heterocycles. The fraction of sp³-hybridized carbons (Fsp3) is 0.231. The summed E-state index contributed by atoms with van der Waals surface area (Å²) < 4.78 is 37.6. The molecule has 0 amide bonds. The number of nitrogens with one attached hydrogen (secondary N) is 1. The average Bonchev–Trinajstić information content (AvgIpc) is 2.82. The molecule has 2 aromatic heterocycles. The molecule has 0 aliphatic rings. The number of halogens is 2. The van der Waals surface area contributed by atoms with Gasteiger partial charge in [0.1, 0.15) is 11.6 Å². The van der Waals surface area contributed by atoms with Gasteiger partial charge in [-0.2, -0.15) is 0 Å². The minimum atomic E-state index is -0.655. The van der Waals surface area contributed by atoms with Crippen molar-refractivity contribution in [3.05, 3.63) is 87.5 Å². The lowest BCUT2D eigenvalue weighted by Gasteiger charge is -2.13. The standard InChI is InChI=1S/C24H20F2N2O3.C2H6/c1-13-18-10-22(30-2)23(31-3)11-19(18)24(29)28-21(13)6-14-4-5-20(27-12-14)15-7-16(25)9-17(26)8-15;1-2/h4-5,7-12H,6H2,1-3H3,(H,28,29);1-2H3. The molecule has 2 aromatic carbocycles. The zero-order valence-corrected chi connectivity index (χ0v) is 19.3. The molecule has 0 unspecified atom stereocenters. The number of methoxy groups -OCH3 is 2. The Balaban J connectivity index is 0.00000149. The van der Waals surface area contributed by atoms with Gasteiger partial charge in [-0.1, -0.05) is 19.9 Å². The molecule has 0 atom stereocenters. The Morgan fingerprint density at radius 3 is 2.06 bits per heavy atom. The van der Waals surface area contributed by atoms with Crippen LogP contribution < -0.4 is 15.0 Å². The number of pyridine rings is 2. The molecular formula is C26H26F2N2O3. The Hall–Kier alpha value is -3.74. The normalized spacial score (nSPS) is 10.5. The summed E-state index contributed by atoms with van der Waals surface area (Å²) in [5, 5.41) is 1.29. The summed E-state index contributed by atoms with van der Waals surface area (Å²) in [5.41, 5.74) is 3.10. The van der Waals surface area contributed by atoms with E-state index in [1.807, 2.05) is 26.8 Å². The molecule has 0 aliphatic heterocycles. The predicted octanol–water partition coefficient (Wildman–Crippen LogP) is 5.81. The number of H-pyrrole nitrogens is 1. The molecule has 0 bridgehead atoms. The quantitative estimate of drug-likeness (QED) is 0.415. The van der Waals surface area contributed by atoms with Gasteiger partial charge in [0.15, 0.2) is 11.5 Å². The van der Waals surface area contributed by atoms with E-state index in [2.05, 4.69) is 9.97 Å². The van der Waals surface area contributed by atoms with Crippen LogP contribution in [0.25, 0.3) is 22.0 Å². The SMILES string of the molecule is CC.COc1cc2c(C)c(Cc3ccc(-c4cc(F)cc(F)c4)nc3)[nH]c(=O)c2cc1OC. The van der Waals surface area contributed by atoms with Gasteiger partial charge in [0, 0.05) is 29.9 Å². The molecule has 172 valence electrons. The van der Waals surface area contributed by atoms with E-state index in [4.69, 9.17) is 9.47 Å². The fourth-order valence-corrected chi connectivity index (χ4v) is 3.62. The Morgan fingerprint density at radius 1 is 0.909 bits per heavy atom. The third-order valence-electron chi connectivity index (χ3n) is 5.25. The van der Waals surface area contributed by atoms with Crippen LogP contribution in [-0.2, 0) is 6.42 Å². The highest BCUT2D eigenvalue weighted by atomic mass is 19.1. The van der Waals surface area contributed by atoms with E-state index in [0.717, 1.165) is 28.3 Å². The van der Waals surface area contributed by atoms with Crippen LogP contribution in [0.1, 0.15) is 30.7 Å². The minimum absolute atomic E-state index is 0.226. The number of ether oxygens (including phenoxy) is 2. The lowest BCUT2D eigenvalue weighted by molar-refractivity contribution is 0.356. The van der Waals surface area contributed by atoms with E-state index in [1.165, 1.54) is 19.2 Å². The number of aromatic nitrogens is 2. The molecule has 5 nitrogen and oxygen atoms in total. The van der Waals surface area contributed by atoms with Crippen molar-refractivity contribution >= 4 is 10.8 Å². The molecule has 1 N–H and O–H groups in total. The Labute approximate surface area is 191 Å². The molecule has 0 radical (unpaired) electrons. The van der Waals surface area contributed by atoms with Gasteiger partial charge in [0.2, 0.25) is 0 Å². The molecule has 4 rings (SSSR count). The van der Waals surface area contributed by atoms with Gasteiger partial charge >= 0.3 is 0 Å². The van der Waals surface area contributed by atoms with Crippen LogP contribution in [0.2, 0.25) is 0 Å². The first kappa shape index (κ1) is 23.9. The zero-order chi connectivity index (χ0) is 24.1. The van der Waals surface area contributed by atoms with Crippen molar-refractivity contribution in [2.45, 2.75) is 27.2 Å². The molecule has 0 fully saturated rings. The van der Waals surface area contributed by atoms with Crippen LogP contribution in [-0.4, -0.2) is 24.2 Å². The van der Waals surface area contributed by atoms with E-state index in [9.17, 15) is 13.6 Å². The van der Waals surface area contributed by atoms with Gasteiger partial charge in [-0.15, -0.1) is 0 Å². The second-order valence-electron chi connectivity index (χ2n) is 7.20. The third kappa shape index (κ3) is 5.03. The highest BCUT2D eigenvalue weighted by Crippen LogP contribution is 2.33. The topological polar surface area (TPSA) is 64.2 Å². The van der Waals surface area contributed by atoms with E-state index < -0.39 is 11.6 Å². The van der Waals surface area contributed by atoms with Crippen LogP contribution in [0, 0.1) is 18.6 Å². The van der Waals surface area contributed by atoms with Gasteiger partial charge in [-0.3, -0.25) is 9.78 Å². The van der Waals surface area contributed by atoms with E-state index in [0.29, 0.717) is 34.6 Å². The molecule has 4 aromatic rings. The summed E-state index contributed by atoms with van der Waals surface area (Å²) in [6.45, 7) is 5.93. The van der Waals surface area contributed by atoms with E-state index in [1.54, 1.807) is 31.5 Å². The lowest BCUT2D eigenvalue weighted by atomic mass is 10.0. The van der Waals surface area contributed by atoms with Crippen molar-refractivity contribution in [2.24, 2.45) is 0 Å². The number of aryl methyl sites for hydroxylation is 1. The van der Waals surface area contributed by atoms with Crippen LogP contribution in [0.4, 0.5) is 8.78 Å². The van der Waals surface area contributed by atoms with Gasteiger partial charge in [-0.25, -0.2) is 8.78 Å². The molecular weight excluding hydrogens is 426 g/mol. The van der Waals surface area contributed by atoms with Gasteiger partial charge in [-0.05, 0) is 53.8 Å². The average molecular weight is 453 g/mol. The molecule has 0 aliphatic carbocycles. The van der Waals surface area contributed by atoms with Crippen LogP contribution >= 0.6 is 0 Å². The van der Waals surface area contributed by atoms with Crippen molar-refractivity contribution in [1.29, 1.82) is 0 Å². The highest BCUT2D eigenvalue weighted by molar-refractivity contribution is 5.88. The maximum atomic E-state index is 13.5. The van der Waals surface area contributed by atoms with Crippen molar-refractivity contribution in [3.63, 3.8) is 0 Å². The number of hydrogen-bond donors (Lipinski definition) is 1. The molecule has 33 heavy (non-hydrogen) atoms. The van der Waals surface area contributed by atoms with Gasteiger partial charge < -0.3 is 14.5 Å². The first-order valence-corrected chi connectivity index (χ1v) is 10.6. The predicted molar refractivity (Wildman–Crippen MR) is 126 cm³/mol. The van der Waals surface area contributed by atoms with Crippen LogP contribution in [0.5, 0.6) is 11.5 Å². The smallest absolute Gasteiger partial charge is 0.256 e. The summed E-state index contributed by atoms with van der Waals surface area (Å²) in [6.07, 6.45) is 2.07. The molecule has 7 heteroatoms. The lowest BCUT2D eigenvalue weighted by Crippen LogP contribution is -2.12. The Morgan fingerprint density at radius 2 is 1.52 bits per heavy atom. The number of nitrogens with zero attached hydrogens (tertiary/aromatic N) is 1. The first-order valence-electron chi connectivity index (χ1n) is 10.6. The van der Waals surface area contributed by atoms with Crippen molar-refractivity contribution in [3.8, 4) is 22.8 Å². The molecule has 0 saturated carbocycles. The van der Waals surface area contributed by atoms with Crippen molar-refractivity contribution in [2.75, 3.05) is 14.2 Å². The summed E-state index contributed by atoms with van der Waals surface area (Å²) >= 11 is 0. The number of fused-ring (bicyclic) bond motifs is 1. The third-order valence-corrected chi connectivity index (χ3v) is 5.25. The number of benzene rings is 2. The Kier molecular flexibility index (Phi) is 7.43. The number of aromatic amines is 1. The number of rotatable bonds is 5. The largest absolute Gasteiger partial charge is 0.493 e. The zero-order valence-electron chi connectivity index (χ0n) is 19.3. The summed E-state index contributed by atoms with van der Waals surface area (Å²) in [7, 11) is 3.07. The van der Waals surface area contributed by atoms with Gasteiger partial charge in [0.05, 0.1) is 25.3 Å². The maximum absolute atomic E-state index is 13.5. The second kappa shape index (κ2) is 10.3. The first-order chi connectivity index (χ1) is 15.9. The van der Waals surface area contributed by atoms with Crippen molar-refractivity contribution in [1.82, 2.24) is 9.97 Å². The van der Waals surface area contributed by atoms with E-state index >= 15 is 0 Å². The fourth-order valence-electron chi connectivity index (χ4n) is 3.62. The van der Waals surface area contributed by atoms with Crippen LogP contribution in [0.15, 0.2) is 53.5 Å². The number of hydrogen-bond acceptors (Lipinski definition) is 4. The van der Waals surface area contributed by atoms with Crippen LogP contribution in [0.3, 0.4) is 0 Å². The monoisotopic (exact) mass is 452 g/mol. The van der Waals surface area contributed by atoms with Crippen molar-refractivity contribution < 1.29 is 18.3 Å². The molecule has 0 saturated heterocycles. The van der Waals surface area contributed by atoms with E-state index in [-0.39, 0.29) is 5.56 Å². The summed E-state index contributed by atoms with van der Waals surface area (Å²) in [6, 6.07) is 10.3. The summed E-state index contributed by atoms with van der Waals surface area (Å²) in [4.78, 5) is 19.9. The highest BCUT2D eigenvalue weighted by Gasteiger charge is 2.14. The molecule has 0 spiro atoms. The Bertz CT molecular complexity index is 1310.